The van der Waals surface area contributed by atoms with Crippen LogP contribution >= 0.6 is 0 Å². The van der Waals surface area contributed by atoms with Crippen molar-refractivity contribution >= 4 is 8.07 Å². The van der Waals surface area contributed by atoms with E-state index in [9.17, 15) is 0 Å². The molecule has 0 fully saturated rings. The van der Waals surface area contributed by atoms with Crippen molar-refractivity contribution < 1.29 is 0 Å². The van der Waals surface area contributed by atoms with E-state index in [0.29, 0.717) is 6.04 Å². The summed E-state index contributed by atoms with van der Waals surface area (Å²) in [5, 5.41) is 1.57. The van der Waals surface area contributed by atoms with Gasteiger partial charge in [-0.2, -0.15) is 0 Å². The number of nitrogens with zero attached hydrogens (tertiary/aromatic N) is 1. The molecule has 0 heterocycles. The highest BCUT2D eigenvalue weighted by molar-refractivity contribution is 6.82. The van der Waals surface area contributed by atoms with Crippen molar-refractivity contribution in [1.82, 2.24) is 4.90 Å². The first-order chi connectivity index (χ1) is 5.25. The lowest BCUT2D eigenvalue weighted by atomic mass is 10.4. The Balaban J connectivity index is 4.36. The van der Waals surface area contributed by atoms with E-state index in [1.807, 2.05) is 0 Å². The fraction of sp³-hybridized carbons (Fsp3) is 0.800. The van der Waals surface area contributed by atoms with Crippen LogP contribution in [0.3, 0.4) is 0 Å². The first-order valence-electron chi connectivity index (χ1n) is 4.66. The Morgan fingerprint density at radius 1 is 1.25 bits per heavy atom. The van der Waals surface area contributed by atoms with Gasteiger partial charge in [-0.15, -0.1) is 0 Å². The highest BCUT2D eigenvalue weighted by atomic mass is 28.3. The van der Waals surface area contributed by atoms with Crippen molar-refractivity contribution in [1.29, 1.82) is 0 Å². The third-order valence-corrected chi connectivity index (χ3v) is 4.89. The Morgan fingerprint density at radius 2 is 1.67 bits per heavy atom. The van der Waals surface area contributed by atoms with E-state index in [1.165, 1.54) is 0 Å². The van der Waals surface area contributed by atoms with Crippen LogP contribution in [0.2, 0.25) is 19.6 Å². The van der Waals surface area contributed by atoms with Gasteiger partial charge >= 0.3 is 0 Å². The number of hydrogen-bond donors (Lipinski definition) is 0. The lowest BCUT2D eigenvalue weighted by Crippen LogP contribution is -2.27. The Hall–Kier alpha value is -0.243. The molecule has 0 atom stereocenters. The molecule has 0 saturated carbocycles. The van der Waals surface area contributed by atoms with Crippen molar-refractivity contribution in [3.8, 4) is 0 Å². The molecule has 0 aromatic carbocycles. The Morgan fingerprint density at radius 3 is 1.92 bits per heavy atom. The second-order valence-electron chi connectivity index (χ2n) is 4.82. The van der Waals surface area contributed by atoms with E-state index < -0.39 is 8.07 Å². The minimum Gasteiger partial charge on any atom is -0.378 e. The Labute approximate surface area is 78.5 Å². The number of hydrogen-bond acceptors (Lipinski definition) is 1. The highest BCUT2D eigenvalue weighted by Gasteiger charge is 2.15. The van der Waals surface area contributed by atoms with Gasteiger partial charge in [0.25, 0.3) is 0 Å². The van der Waals surface area contributed by atoms with Gasteiger partial charge in [0, 0.05) is 13.1 Å². The SMILES string of the molecule is C/C(=C\N(C)C(C)C)[Si](C)(C)C. The van der Waals surface area contributed by atoms with Gasteiger partial charge < -0.3 is 4.90 Å². The summed E-state index contributed by atoms with van der Waals surface area (Å²) in [7, 11) is 1.10. The molecule has 0 saturated heterocycles. The molecule has 1 nitrogen and oxygen atoms in total. The lowest BCUT2D eigenvalue weighted by molar-refractivity contribution is 0.374. The molecule has 0 radical (unpaired) electrons. The van der Waals surface area contributed by atoms with Crippen LogP contribution in [0.15, 0.2) is 11.4 Å². The van der Waals surface area contributed by atoms with Crippen LogP contribution in [0, 0.1) is 0 Å². The van der Waals surface area contributed by atoms with Gasteiger partial charge in [-0.1, -0.05) is 24.8 Å². The molecule has 0 spiro atoms. The number of rotatable bonds is 3. The molecule has 0 aliphatic heterocycles. The summed E-state index contributed by atoms with van der Waals surface area (Å²) >= 11 is 0. The summed E-state index contributed by atoms with van der Waals surface area (Å²) in [6.45, 7) is 13.8. The zero-order chi connectivity index (χ0) is 9.94. The van der Waals surface area contributed by atoms with Crippen molar-refractivity contribution in [2.75, 3.05) is 7.05 Å². The first kappa shape index (κ1) is 11.8. The van der Waals surface area contributed by atoms with Gasteiger partial charge in [-0.05, 0) is 27.0 Å². The second kappa shape index (κ2) is 4.12. The average Bonchev–Trinajstić information content (AvgIpc) is 1.85. The van der Waals surface area contributed by atoms with Gasteiger partial charge in [-0.3, -0.25) is 0 Å². The summed E-state index contributed by atoms with van der Waals surface area (Å²) in [5.74, 6) is 0. The number of allylic oxidation sites excluding steroid dienone is 1. The van der Waals surface area contributed by atoms with Crippen molar-refractivity contribution in [2.24, 2.45) is 0 Å². The molecule has 0 aromatic rings. The summed E-state index contributed by atoms with van der Waals surface area (Å²) in [6, 6.07) is 0.608. The molecular formula is C10H23NSi. The monoisotopic (exact) mass is 185 g/mol. The standard InChI is InChI=1S/C10H23NSi/c1-9(2)11(4)8-10(3)12(5,6)7/h8-9H,1-7H3/b10-8+. The highest BCUT2D eigenvalue weighted by Crippen LogP contribution is 2.14. The van der Waals surface area contributed by atoms with Crippen molar-refractivity contribution in [3.63, 3.8) is 0 Å². The third kappa shape index (κ3) is 3.95. The molecular weight excluding hydrogens is 162 g/mol. The van der Waals surface area contributed by atoms with Crippen LogP contribution in [0.4, 0.5) is 0 Å². The van der Waals surface area contributed by atoms with Crippen LogP contribution in [-0.4, -0.2) is 26.1 Å². The third-order valence-electron chi connectivity index (χ3n) is 2.39. The molecule has 0 aliphatic carbocycles. The van der Waals surface area contributed by atoms with Gasteiger partial charge in [0.15, 0.2) is 0 Å². The molecule has 0 aromatic heterocycles. The second-order valence-corrected chi connectivity index (χ2v) is 10.1. The lowest BCUT2D eigenvalue weighted by Gasteiger charge is -2.24. The maximum Gasteiger partial charge on any atom is 0.0739 e. The normalized spacial score (nSPS) is 13.8. The zero-order valence-electron chi connectivity index (χ0n) is 9.60. The van der Waals surface area contributed by atoms with Crippen molar-refractivity contribution in [2.45, 2.75) is 46.5 Å². The Kier molecular flexibility index (Phi) is 4.04. The van der Waals surface area contributed by atoms with Gasteiger partial charge in [0.05, 0.1) is 8.07 Å². The van der Waals surface area contributed by atoms with Crippen molar-refractivity contribution in [3.05, 3.63) is 11.4 Å². The largest absolute Gasteiger partial charge is 0.378 e. The van der Waals surface area contributed by atoms with E-state index in [4.69, 9.17) is 0 Å². The van der Waals surface area contributed by atoms with Crippen LogP contribution in [-0.2, 0) is 0 Å². The molecule has 12 heavy (non-hydrogen) atoms. The molecule has 2 heteroatoms. The summed E-state index contributed by atoms with van der Waals surface area (Å²) < 4.78 is 0. The summed E-state index contributed by atoms with van der Waals surface area (Å²) in [5.41, 5.74) is 0. The topological polar surface area (TPSA) is 3.24 Å². The van der Waals surface area contributed by atoms with Gasteiger partial charge in [0.2, 0.25) is 0 Å². The minimum absolute atomic E-state index is 0.608. The van der Waals surface area contributed by atoms with E-state index >= 15 is 0 Å². The van der Waals surface area contributed by atoms with Crippen LogP contribution in [0.25, 0.3) is 0 Å². The van der Waals surface area contributed by atoms with Gasteiger partial charge in [0.1, 0.15) is 0 Å². The van der Waals surface area contributed by atoms with E-state index in [1.54, 1.807) is 5.20 Å². The molecule has 72 valence electrons. The maximum absolute atomic E-state index is 2.38. The first-order valence-corrected chi connectivity index (χ1v) is 8.16. The molecule has 0 N–H and O–H groups in total. The zero-order valence-corrected chi connectivity index (χ0v) is 10.6. The molecule has 0 rings (SSSR count). The fourth-order valence-corrected chi connectivity index (χ4v) is 1.24. The molecule has 0 unspecified atom stereocenters. The average molecular weight is 185 g/mol. The van der Waals surface area contributed by atoms with E-state index in [2.05, 4.69) is 58.6 Å². The smallest absolute Gasteiger partial charge is 0.0739 e. The predicted octanol–water partition coefficient (Wildman–Crippen LogP) is 3.11. The Bertz CT molecular complexity index is 165. The summed E-state index contributed by atoms with van der Waals surface area (Å²) in [4.78, 5) is 2.29. The van der Waals surface area contributed by atoms with Crippen LogP contribution < -0.4 is 0 Å². The molecule has 0 aliphatic rings. The fourth-order valence-electron chi connectivity index (χ4n) is 0.648. The van der Waals surface area contributed by atoms with E-state index in [0.717, 1.165) is 0 Å². The predicted molar refractivity (Wildman–Crippen MR) is 60.0 cm³/mol. The quantitative estimate of drug-likeness (QED) is 0.611. The maximum atomic E-state index is 2.38. The molecule has 0 amide bonds. The van der Waals surface area contributed by atoms with Crippen LogP contribution in [0.1, 0.15) is 20.8 Å². The summed E-state index contributed by atoms with van der Waals surface area (Å²) in [6.07, 6.45) is 2.30. The van der Waals surface area contributed by atoms with Gasteiger partial charge in [-0.25, -0.2) is 0 Å². The minimum atomic E-state index is -1.05. The molecule has 0 bridgehead atoms. The van der Waals surface area contributed by atoms with E-state index in [-0.39, 0.29) is 0 Å². The van der Waals surface area contributed by atoms with Crippen LogP contribution in [0.5, 0.6) is 0 Å².